The quantitative estimate of drug-likeness (QED) is 0.208. The molecular weight excluding hydrogens is 617 g/mol. The number of aromatic nitrogens is 3. The number of piperidine rings is 1. The second-order valence-electron chi connectivity index (χ2n) is 11.8. The van der Waals surface area contributed by atoms with Crippen molar-refractivity contribution < 1.29 is 4.79 Å². The van der Waals surface area contributed by atoms with E-state index in [0.717, 1.165) is 44.1 Å². The molecule has 1 amide bonds. The molecule has 2 fully saturated rings. The molecule has 0 N–H and O–H groups in total. The number of hydrogen-bond donors (Lipinski definition) is 0. The first-order chi connectivity index (χ1) is 22.1. The van der Waals surface area contributed by atoms with Gasteiger partial charge in [-0.25, -0.2) is 4.68 Å². The molecule has 0 unspecified atom stereocenters. The molecule has 4 heterocycles. The van der Waals surface area contributed by atoms with Gasteiger partial charge in [0.1, 0.15) is 23.1 Å². The van der Waals surface area contributed by atoms with Crippen molar-refractivity contribution in [2.45, 2.75) is 33.1 Å². The standard InChI is InChI=1S/C35H34N6O3S2/c1-22-27(31(37(3)32(42)28(22)21-36)39-17-15-25(16-18-39)19-24-11-7-5-8-12-24)20-29-33(43)40(35(45)46-29)30-23(2)38(4)41(34(30)44)26-13-9-6-10-14-26/h5-14,20,25H,15-19H2,1-4H3. The number of anilines is 2. The summed E-state index contributed by atoms with van der Waals surface area (Å²) < 4.78 is 5.00. The Labute approximate surface area is 277 Å². The maximum absolute atomic E-state index is 14.0. The van der Waals surface area contributed by atoms with E-state index in [9.17, 15) is 19.6 Å². The molecule has 0 spiro atoms. The number of rotatable bonds is 6. The fourth-order valence-electron chi connectivity index (χ4n) is 6.49. The summed E-state index contributed by atoms with van der Waals surface area (Å²) in [4.78, 5) is 44.9. The highest BCUT2D eigenvalue weighted by Crippen LogP contribution is 2.39. The summed E-state index contributed by atoms with van der Waals surface area (Å²) in [5.74, 6) is 0.774. The maximum atomic E-state index is 14.0. The Morgan fingerprint density at radius 2 is 1.59 bits per heavy atom. The van der Waals surface area contributed by atoms with Crippen LogP contribution in [-0.4, -0.2) is 37.2 Å². The molecule has 0 radical (unpaired) electrons. The van der Waals surface area contributed by atoms with Crippen LogP contribution < -0.4 is 20.9 Å². The lowest BCUT2D eigenvalue weighted by Gasteiger charge is -2.36. The molecule has 0 atom stereocenters. The van der Waals surface area contributed by atoms with Gasteiger partial charge in [0.2, 0.25) is 0 Å². The van der Waals surface area contributed by atoms with E-state index in [-0.39, 0.29) is 26.7 Å². The van der Waals surface area contributed by atoms with Crippen LogP contribution in [0.5, 0.6) is 0 Å². The summed E-state index contributed by atoms with van der Waals surface area (Å²) in [6.45, 7) is 5.01. The predicted octanol–water partition coefficient (Wildman–Crippen LogP) is 5.23. The monoisotopic (exact) mass is 650 g/mol. The molecule has 2 aromatic heterocycles. The Morgan fingerprint density at radius 3 is 2.22 bits per heavy atom. The third-order valence-electron chi connectivity index (χ3n) is 9.07. The molecule has 6 rings (SSSR count). The molecule has 2 saturated heterocycles. The van der Waals surface area contributed by atoms with Crippen LogP contribution >= 0.6 is 24.0 Å². The van der Waals surface area contributed by atoms with Crippen LogP contribution in [0.3, 0.4) is 0 Å². The minimum absolute atomic E-state index is 0.0385. The largest absolute Gasteiger partial charge is 0.357 e. The zero-order chi connectivity index (χ0) is 32.7. The van der Waals surface area contributed by atoms with Gasteiger partial charge in [-0.05, 0) is 68.4 Å². The van der Waals surface area contributed by atoms with Crippen molar-refractivity contribution in [2.24, 2.45) is 20.0 Å². The zero-order valence-corrected chi connectivity index (χ0v) is 27.8. The lowest BCUT2D eigenvalue weighted by atomic mass is 9.90. The van der Waals surface area contributed by atoms with Crippen LogP contribution in [0.15, 0.2) is 75.2 Å². The minimum atomic E-state index is -0.416. The van der Waals surface area contributed by atoms with Crippen LogP contribution in [0.4, 0.5) is 11.5 Å². The normalized spacial score (nSPS) is 16.5. The highest BCUT2D eigenvalue weighted by Gasteiger charge is 2.38. The summed E-state index contributed by atoms with van der Waals surface area (Å²) in [5, 5.41) is 9.92. The van der Waals surface area contributed by atoms with Crippen molar-refractivity contribution in [1.82, 2.24) is 13.9 Å². The van der Waals surface area contributed by atoms with Gasteiger partial charge in [0.15, 0.2) is 4.32 Å². The van der Waals surface area contributed by atoms with Crippen LogP contribution in [0.2, 0.25) is 0 Å². The van der Waals surface area contributed by atoms with E-state index in [4.69, 9.17) is 12.2 Å². The van der Waals surface area contributed by atoms with Gasteiger partial charge in [-0.3, -0.25) is 28.5 Å². The van der Waals surface area contributed by atoms with Crippen molar-refractivity contribution in [3.05, 3.63) is 114 Å². The molecule has 2 aliphatic heterocycles. The highest BCUT2D eigenvalue weighted by atomic mass is 32.2. The van der Waals surface area contributed by atoms with E-state index >= 15 is 0 Å². The average molecular weight is 651 g/mol. The van der Waals surface area contributed by atoms with E-state index in [2.05, 4.69) is 35.2 Å². The lowest BCUT2D eigenvalue weighted by molar-refractivity contribution is -0.113. The van der Waals surface area contributed by atoms with Crippen LogP contribution in [0.25, 0.3) is 11.8 Å². The molecule has 46 heavy (non-hydrogen) atoms. The lowest BCUT2D eigenvalue weighted by Crippen LogP contribution is -2.39. The number of pyridine rings is 1. The molecule has 0 saturated carbocycles. The second-order valence-corrected chi connectivity index (χ2v) is 13.4. The minimum Gasteiger partial charge on any atom is -0.357 e. The summed E-state index contributed by atoms with van der Waals surface area (Å²) in [6.07, 6.45) is 4.63. The van der Waals surface area contributed by atoms with E-state index in [1.54, 1.807) is 38.7 Å². The number of benzene rings is 2. The predicted molar refractivity (Wildman–Crippen MR) is 188 cm³/mol. The Bertz CT molecular complexity index is 2050. The van der Waals surface area contributed by atoms with Gasteiger partial charge in [0.25, 0.3) is 17.0 Å². The molecule has 0 bridgehead atoms. The summed E-state index contributed by atoms with van der Waals surface area (Å²) in [5.41, 5.74) is 3.24. The number of thioether (sulfide) groups is 1. The maximum Gasteiger partial charge on any atom is 0.296 e. The topological polar surface area (TPSA) is 96.3 Å². The van der Waals surface area contributed by atoms with Crippen LogP contribution in [-0.2, 0) is 25.3 Å². The van der Waals surface area contributed by atoms with Gasteiger partial charge in [-0.2, -0.15) is 5.26 Å². The highest BCUT2D eigenvalue weighted by molar-refractivity contribution is 8.27. The summed E-state index contributed by atoms with van der Waals surface area (Å²) >= 11 is 6.80. The van der Waals surface area contributed by atoms with Crippen molar-refractivity contribution >= 4 is 51.8 Å². The first-order valence-corrected chi connectivity index (χ1v) is 16.4. The van der Waals surface area contributed by atoms with E-state index in [1.165, 1.54) is 19.7 Å². The summed E-state index contributed by atoms with van der Waals surface area (Å²) in [7, 11) is 3.45. The van der Waals surface area contributed by atoms with E-state index < -0.39 is 5.91 Å². The number of nitriles is 1. The van der Waals surface area contributed by atoms with Gasteiger partial charge in [-0.1, -0.05) is 72.5 Å². The number of hydrogen-bond acceptors (Lipinski definition) is 7. The molecular formula is C35H34N6O3S2. The van der Waals surface area contributed by atoms with Crippen molar-refractivity contribution in [1.29, 1.82) is 5.26 Å². The molecule has 2 aromatic carbocycles. The Morgan fingerprint density at radius 1 is 0.957 bits per heavy atom. The Kier molecular flexibility index (Phi) is 8.59. The van der Waals surface area contributed by atoms with Gasteiger partial charge in [-0.15, -0.1) is 0 Å². The van der Waals surface area contributed by atoms with Gasteiger partial charge < -0.3 is 4.90 Å². The van der Waals surface area contributed by atoms with E-state index in [1.807, 2.05) is 36.4 Å². The summed E-state index contributed by atoms with van der Waals surface area (Å²) in [6, 6.07) is 21.8. The van der Waals surface area contributed by atoms with Gasteiger partial charge in [0.05, 0.1) is 16.3 Å². The number of carbonyl (C=O) groups is 1. The molecule has 0 aliphatic carbocycles. The molecule has 4 aromatic rings. The zero-order valence-electron chi connectivity index (χ0n) is 26.2. The Balaban J connectivity index is 1.37. The smallest absolute Gasteiger partial charge is 0.296 e. The van der Waals surface area contributed by atoms with Crippen LogP contribution in [0.1, 0.15) is 40.8 Å². The molecule has 234 valence electrons. The average Bonchev–Trinajstić information content (AvgIpc) is 3.45. The molecule has 9 nitrogen and oxygen atoms in total. The molecule has 11 heteroatoms. The third-order valence-corrected chi connectivity index (χ3v) is 10.4. The number of para-hydroxylation sites is 1. The Hall–Kier alpha value is -4.66. The second kappa shape index (κ2) is 12.6. The van der Waals surface area contributed by atoms with Gasteiger partial charge >= 0.3 is 0 Å². The fraction of sp³-hybridized carbons (Fsp3) is 0.286. The number of thiocarbonyl (C=S) groups is 1. The number of amides is 1. The van der Waals surface area contributed by atoms with Gasteiger partial charge in [0, 0.05) is 32.7 Å². The fourth-order valence-corrected chi connectivity index (χ4v) is 7.75. The molecule has 2 aliphatic rings. The number of nitrogens with zero attached hydrogens (tertiary/aromatic N) is 6. The van der Waals surface area contributed by atoms with Crippen molar-refractivity contribution in [2.75, 3.05) is 22.9 Å². The number of carbonyl (C=O) groups excluding carboxylic acids is 1. The third kappa shape index (κ3) is 5.42. The van der Waals surface area contributed by atoms with Crippen molar-refractivity contribution in [3.63, 3.8) is 0 Å². The first-order valence-electron chi connectivity index (χ1n) is 15.2. The SMILES string of the molecule is Cc1c(C=C2SC(=S)N(c3c(C)n(C)n(-c4ccccc4)c3=O)C2=O)c(N2CCC(Cc3ccccc3)CC2)n(C)c(=O)c1C#N. The van der Waals surface area contributed by atoms with E-state index in [0.29, 0.717) is 39.1 Å². The van der Waals surface area contributed by atoms with Crippen LogP contribution in [0, 0.1) is 31.1 Å². The first kappa shape index (κ1) is 31.3. The van der Waals surface area contributed by atoms with Crippen molar-refractivity contribution in [3.8, 4) is 11.8 Å².